The molecule has 174 valence electrons. The van der Waals surface area contributed by atoms with Crippen molar-refractivity contribution < 1.29 is 4.74 Å². The lowest BCUT2D eigenvalue weighted by Crippen LogP contribution is -2.33. The fourth-order valence-electron chi connectivity index (χ4n) is 6.24. The van der Waals surface area contributed by atoms with E-state index in [1.54, 1.807) is 0 Å². The van der Waals surface area contributed by atoms with Gasteiger partial charge in [-0.25, -0.2) is 0 Å². The van der Waals surface area contributed by atoms with Crippen molar-refractivity contribution in [2.45, 2.75) is 44.3 Å². The SMILES string of the molecule is C[C@@H]1C[C@H](C)c2c1c(COC(c1ccccc1)(c1ccccc1)c1ccccc1)cc1cc[nH]c21. The molecule has 1 aliphatic carbocycles. The highest BCUT2D eigenvalue weighted by Crippen LogP contribution is 2.48. The van der Waals surface area contributed by atoms with Gasteiger partial charge in [-0.2, -0.15) is 0 Å². The smallest absolute Gasteiger partial charge is 0.144 e. The van der Waals surface area contributed by atoms with Crippen molar-refractivity contribution in [2.24, 2.45) is 0 Å². The molecular weight excluding hydrogens is 426 g/mol. The van der Waals surface area contributed by atoms with Gasteiger partial charge in [0, 0.05) is 17.1 Å². The Kier molecular flexibility index (Phi) is 5.54. The minimum absolute atomic E-state index is 0.519. The van der Waals surface area contributed by atoms with Gasteiger partial charge in [0.25, 0.3) is 0 Å². The Morgan fingerprint density at radius 3 is 1.77 bits per heavy atom. The summed E-state index contributed by atoms with van der Waals surface area (Å²) in [6.07, 6.45) is 3.25. The van der Waals surface area contributed by atoms with Crippen molar-refractivity contribution in [3.63, 3.8) is 0 Å². The maximum atomic E-state index is 7.20. The summed E-state index contributed by atoms with van der Waals surface area (Å²) in [7, 11) is 0. The predicted octanol–water partition coefficient (Wildman–Crippen LogP) is 8.29. The van der Waals surface area contributed by atoms with E-state index in [2.05, 4.69) is 128 Å². The first-order valence-corrected chi connectivity index (χ1v) is 12.6. The first-order valence-electron chi connectivity index (χ1n) is 12.6. The maximum absolute atomic E-state index is 7.20. The number of fused-ring (bicyclic) bond motifs is 3. The van der Waals surface area contributed by atoms with Crippen LogP contribution in [-0.4, -0.2) is 4.98 Å². The monoisotopic (exact) mass is 457 g/mol. The molecule has 0 fully saturated rings. The lowest BCUT2D eigenvalue weighted by Gasteiger charge is -2.36. The average molecular weight is 458 g/mol. The van der Waals surface area contributed by atoms with Gasteiger partial charge in [-0.1, -0.05) is 105 Å². The predicted molar refractivity (Wildman–Crippen MR) is 144 cm³/mol. The summed E-state index contributed by atoms with van der Waals surface area (Å²) in [6, 6.07) is 36.5. The highest BCUT2D eigenvalue weighted by molar-refractivity contribution is 5.86. The van der Waals surface area contributed by atoms with Gasteiger partial charge in [-0.3, -0.25) is 0 Å². The van der Waals surface area contributed by atoms with E-state index >= 15 is 0 Å². The van der Waals surface area contributed by atoms with Crippen LogP contribution in [0.4, 0.5) is 0 Å². The van der Waals surface area contributed by atoms with Crippen LogP contribution < -0.4 is 0 Å². The van der Waals surface area contributed by atoms with Gasteiger partial charge in [0.15, 0.2) is 0 Å². The number of H-pyrrole nitrogens is 1. The van der Waals surface area contributed by atoms with Crippen LogP contribution in [0.15, 0.2) is 109 Å². The number of aromatic amines is 1. The molecule has 1 N–H and O–H groups in total. The van der Waals surface area contributed by atoms with E-state index in [1.807, 2.05) is 0 Å². The molecule has 0 spiro atoms. The Balaban J connectivity index is 1.53. The van der Waals surface area contributed by atoms with Crippen molar-refractivity contribution in [3.05, 3.63) is 143 Å². The fraction of sp³-hybridized carbons (Fsp3) is 0.212. The highest BCUT2D eigenvalue weighted by atomic mass is 16.5. The van der Waals surface area contributed by atoms with Crippen LogP contribution in [-0.2, 0) is 16.9 Å². The standard InChI is InChI=1S/C33H31NO/c1-23-20-24(2)31-30(23)26(21-25-18-19-34-32(25)31)22-35-33(27-12-6-3-7-13-27,28-14-8-4-9-15-28)29-16-10-5-11-17-29/h3-19,21,23-24,34H,20,22H2,1-2H3/t23-,24+/m1/s1. The van der Waals surface area contributed by atoms with Gasteiger partial charge in [-0.05, 0) is 63.8 Å². The normalized spacial score (nSPS) is 17.5. The van der Waals surface area contributed by atoms with Crippen LogP contribution >= 0.6 is 0 Å². The van der Waals surface area contributed by atoms with E-state index in [1.165, 1.54) is 34.0 Å². The molecule has 0 bridgehead atoms. The van der Waals surface area contributed by atoms with E-state index < -0.39 is 5.60 Å². The summed E-state index contributed by atoms with van der Waals surface area (Å²) >= 11 is 0. The molecule has 0 amide bonds. The summed E-state index contributed by atoms with van der Waals surface area (Å²) in [5.74, 6) is 1.06. The fourth-order valence-corrected chi connectivity index (χ4v) is 6.24. The Bertz CT molecular complexity index is 1340. The molecule has 0 aliphatic heterocycles. The summed E-state index contributed by atoms with van der Waals surface area (Å²) in [5, 5.41) is 1.27. The summed E-state index contributed by atoms with van der Waals surface area (Å²) in [5.41, 5.74) is 8.24. The van der Waals surface area contributed by atoms with Gasteiger partial charge >= 0.3 is 0 Å². The Labute approximate surface area is 207 Å². The van der Waals surface area contributed by atoms with Crippen LogP contribution in [0.5, 0.6) is 0 Å². The van der Waals surface area contributed by atoms with Crippen molar-refractivity contribution in [3.8, 4) is 0 Å². The molecule has 35 heavy (non-hydrogen) atoms. The third-order valence-electron chi connectivity index (χ3n) is 7.69. The minimum Gasteiger partial charge on any atom is -0.361 e. The number of hydrogen-bond donors (Lipinski definition) is 1. The van der Waals surface area contributed by atoms with E-state index in [9.17, 15) is 0 Å². The molecule has 4 aromatic carbocycles. The van der Waals surface area contributed by atoms with Gasteiger partial charge < -0.3 is 9.72 Å². The average Bonchev–Trinajstić information content (AvgIpc) is 3.50. The maximum Gasteiger partial charge on any atom is 0.144 e. The minimum atomic E-state index is -0.711. The van der Waals surface area contributed by atoms with Crippen molar-refractivity contribution in [1.29, 1.82) is 0 Å². The van der Waals surface area contributed by atoms with E-state index in [4.69, 9.17) is 4.74 Å². The third kappa shape index (κ3) is 3.61. The Morgan fingerprint density at radius 2 is 1.23 bits per heavy atom. The molecule has 0 saturated heterocycles. The molecule has 1 heterocycles. The number of nitrogens with one attached hydrogen (secondary N) is 1. The number of ether oxygens (including phenoxy) is 1. The van der Waals surface area contributed by atoms with Crippen LogP contribution in [0.2, 0.25) is 0 Å². The molecule has 1 aliphatic rings. The van der Waals surface area contributed by atoms with Crippen LogP contribution in [0.25, 0.3) is 10.9 Å². The zero-order valence-electron chi connectivity index (χ0n) is 20.4. The van der Waals surface area contributed by atoms with Crippen LogP contribution in [0, 0.1) is 0 Å². The summed E-state index contributed by atoms with van der Waals surface area (Å²) < 4.78 is 7.20. The molecule has 2 heteroatoms. The lowest BCUT2D eigenvalue weighted by atomic mass is 9.80. The topological polar surface area (TPSA) is 25.0 Å². The van der Waals surface area contributed by atoms with Gasteiger partial charge in [0.1, 0.15) is 5.60 Å². The molecule has 2 atom stereocenters. The second-order valence-electron chi connectivity index (χ2n) is 9.91. The molecule has 0 unspecified atom stereocenters. The summed E-state index contributed by atoms with van der Waals surface area (Å²) in [4.78, 5) is 3.51. The van der Waals surface area contributed by atoms with E-state index in [0.29, 0.717) is 18.4 Å². The van der Waals surface area contributed by atoms with E-state index in [-0.39, 0.29) is 0 Å². The molecular formula is C33H31NO. The number of rotatable bonds is 6. The zero-order chi connectivity index (χ0) is 23.8. The Morgan fingerprint density at radius 1 is 0.714 bits per heavy atom. The number of aromatic nitrogens is 1. The molecule has 0 radical (unpaired) electrons. The zero-order valence-corrected chi connectivity index (χ0v) is 20.4. The molecule has 1 aromatic heterocycles. The molecule has 0 saturated carbocycles. The molecule has 5 aromatic rings. The number of benzene rings is 4. The first kappa shape index (κ1) is 21.9. The quantitative estimate of drug-likeness (QED) is 0.255. The van der Waals surface area contributed by atoms with Gasteiger partial charge in [0.05, 0.1) is 6.61 Å². The largest absolute Gasteiger partial charge is 0.361 e. The van der Waals surface area contributed by atoms with Crippen molar-refractivity contribution in [2.75, 3.05) is 0 Å². The van der Waals surface area contributed by atoms with E-state index in [0.717, 1.165) is 16.7 Å². The lowest BCUT2D eigenvalue weighted by molar-refractivity contribution is -0.0000953. The van der Waals surface area contributed by atoms with Gasteiger partial charge in [0.2, 0.25) is 0 Å². The second-order valence-corrected chi connectivity index (χ2v) is 9.91. The highest BCUT2D eigenvalue weighted by Gasteiger charge is 2.38. The first-order chi connectivity index (χ1) is 17.2. The Hall–Kier alpha value is -3.62. The van der Waals surface area contributed by atoms with Crippen LogP contribution in [0.1, 0.15) is 65.5 Å². The summed E-state index contributed by atoms with van der Waals surface area (Å²) in [6.45, 7) is 5.26. The second kappa shape index (κ2) is 8.87. The van der Waals surface area contributed by atoms with Crippen molar-refractivity contribution >= 4 is 10.9 Å². The van der Waals surface area contributed by atoms with Gasteiger partial charge in [-0.15, -0.1) is 0 Å². The third-order valence-corrected chi connectivity index (χ3v) is 7.69. The molecule has 2 nitrogen and oxygen atoms in total. The van der Waals surface area contributed by atoms with Crippen molar-refractivity contribution in [1.82, 2.24) is 4.98 Å². The molecule has 6 rings (SSSR count). The van der Waals surface area contributed by atoms with Crippen LogP contribution in [0.3, 0.4) is 0 Å². The number of hydrogen-bond acceptors (Lipinski definition) is 1.